The number of pyridine rings is 2. The summed E-state index contributed by atoms with van der Waals surface area (Å²) >= 11 is 0. The highest BCUT2D eigenvalue weighted by Crippen LogP contribution is 2.24. The van der Waals surface area contributed by atoms with Gasteiger partial charge in [-0.05, 0) is 43.3 Å². The van der Waals surface area contributed by atoms with E-state index in [1.807, 2.05) is 59.3 Å². The van der Waals surface area contributed by atoms with Gasteiger partial charge < -0.3 is 20.6 Å². The van der Waals surface area contributed by atoms with Crippen molar-refractivity contribution in [3.8, 4) is 0 Å². The Bertz CT molecular complexity index is 1800. The third-order valence-corrected chi connectivity index (χ3v) is 7.10. The van der Waals surface area contributed by atoms with Crippen LogP contribution in [0, 0.1) is 0 Å². The number of piperazine rings is 1. The largest absolute Gasteiger partial charge is 0.490 e. The lowest BCUT2D eigenvalue weighted by molar-refractivity contribution is -0.193. The van der Waals surface area contributed by atoms with Crippen molar-refractivity contribution in [2.75, 3.05) is 33.2 Å². The highest BCUT2D eigenvalue weighted by Gasteiger charge is 2.39. The number of amides is 1. The Morgan fingerprint density at radius 3 is 1.82 bits per heavy atom. The number of hydrogen-bond donors (Lipinski definition) is 4. The minimum atomic E-state index is -5.08. The number of benzene rings is 1. The molecule has 4 heterocycles. The van der Waals surface area contributed by atoms with E-state index in [2.05, 4.69) is 55.5 Å². The fourth-order valence-corrected chi connectivity index (χ4v) is 4.41. The lowest BCUT2D eigenvalue weighted by atomic mass is 10.1. The van der Waals surface area contributed by atoms with Crippen LogP contribution in [0.4, 0.5) is 39.5 Å². The molecule has 0 saturated carbocycles. The second-order valence-corrected chi connectivity index (χ2v) is 11.2. The number of aliphatic carboxylic acids is 3. The third-order valence-electron chi connectivity index (χ3n) is 7.10. The highest BCUT2D eigenvalue weighted by molar-refractivity contribution is 5.94. The standard InChI is InChI=1S/C26H29N7O.3C2HF3O2/c1-31-15-16-32(18-22-9-5-6-13-27-22)19-23(31)25-30-29-24-11-10-21(17-33(24)25)26(34)28-14-12-20-7-3-2-4-8-20;3*3-2(4,5)1(6)7/h2-11,13,17,23H,12,14-16,18-19H2,1H3,(H,28,34);3*(H,6,7). The van der Waals surface area contributed by atoms with Crippen LogP contribution in [0.3, 0.4) is 0 Å². The Hall–Kier alpha value is -5.84. The molecule has 1 aromatic carbocycles. The molecule has 1 atom stereocenters. The molecular weight excluding hydrogens is 765 g/mol. The molecule has 1 unspecified atom stereocenters. The van der Waals surface area contributed by atoms with Crippen molar-refractivity contribution in [1.82, 2.24) is 34.7 Å². The Kier molecular flexibility index (Phi) is 16.5. The van der Waals surface area contributed by atoms with Gasteiger partial charge >= 0.3 is 36.4 Å². The highest BCUT2D eigenvalue weighted by atomic mass is 19.4. The van der Waals surface area contributed by atoms with Crippen molar-refractivity contribution in [2.45, 2.75) is 37.5 Å². The molecule has 5 rings (SSSR count). The number of fused-ring (bicyclic) bond motifs is 1. The van der Waals surface area contributed by atoms with Crippen molar-refractivity contribution in [3.63, 3.8) is 0 Å². The SMILES string of the molecule is CN1CCN(Cc2ccccn2)CC1c1nnc2ccc(C(=O)NCCc3ccccc3)cn12.O=C(O)C(F)(F)F.O=C(O)C(F)(F)F.O=C(O)C(F)(F)F. The summed E-state index contributed by atoms with van der Waals surface area (Å²) in [5.74, 6) is -7.51. The van der Waals surface area contributed by atoms with Crippen molar-refractivity contribution in [2.24, 2.45) is 0 Å². The van der Waals surface area contributed by atoms with E-state index < -0.39 is 36.4 Å². The smallest absolute Gasteiger partial charge is 0.475 e. The van der Waals surface area contributed by atoms with Gasteiger partial charge in [0.1, 0.15) is 0 Å². The van der Waals surface area contributed by atoms with E-state index in [1.165, 1.54) is 5.56 Å². The monoisotopic (exact) mass is 797 g/mol. The van der Waals surface area contributed by atoms with Gasteiger partial charge in [-0.3, -0.25) is 24.0 Å². The molecule has 4 N–H and O–H groups in total. The second kappa shape index (κ2) is 20.0. The molecule has 1 aliphatic rings. The number of nitrogens with one attached hydrogen (secondary N) is 1. The number of carboxylic acid groups (broad SMARTS) is 3. The number of carbonyl (C=O) groups excluding carboxylic acids is 1. The number of carboxylic acids is 3. The summed E-state index contributed by atoms with van der Waals surface area (Å²) in [7, 11) is 2.12. The van der Waals surface area contributed by atoms with E-state index in [9.17, 15) is 44.3 Å². The van der Waals surface area contributed by atoms with Gasteiger partial charge in [-0.2, -0.15) is 39.5 Å². The van der Waals surface area contributed by atoms with Gasteiger partial charge in [-0.15, -0.1) is 10.2 Å². The van der Waals surface area contributed by atoms with Gasteiger partial charge in [0.15, 0.2) is 11.5 Å². The second-order valence-electron chi connectivity index (χ2n) is 11.2. The first-order valence-electron chi connectivity index (χ1n) is 15.4. The molecule has 1 amide bonds. The van der Waals surface area contributed by atoms with E-state index in [4.69, 9.17) is 29.7 Å². The van der Waals surface area contributed by atoms with Gasteiger partial charge in [0.25, 0.3) is 5.91 Å². The van der Waals surface area contributed by atoms with E-state index in [0.717, 1.165) is 49.8 Å². The van der Waals surface area contributed by atoms with Gasteiger partial charge in [-0.25, -0.2) is 14.4 Å². The van der Waals surface area contributed by atoms with Crippen LogP contribution in [-0.2, 0) is 27.3 Å². The molecule has 4 aromatic rings. The first kappa shape index (κ1) is 45.3. The summed E-state index contributed by atoms with van der Waals surface area (Å²) in [6.45, 7) is 4.10. The van der Waals surface area contributed by atoms with Gasteiger partial charge in [-0.1, -0.05) is 36.4 Å². The zero-order chi connectivity index (χ0) is 41.6. The number of rotatable bonds is 7. The molecule has 0 aliphatic carbocycles. The maximum atomic E-state index is 12.8. The number of halogens is 9. The van der Waals surface area contributed by atoms with Crippen molar-refractivity contribution in [1.29, 1.82) is 0 Å². The number of carbonyl (C=O) groups is 4. The van der Waals surface area contributed by atoms with Crippen LogP contribution in [0.1, 0.15) is 33.5 Å². The van der Waals surface area contributed by atoms with Crippen LogP contribution in [0.5, 0.6) is 0 Å². The summed E-state index contributed by atoms with van der Waals surface area (Å²) < 4.78 is 97.2. The normalized spacial score (nSPS) is 14.9. The number of alkyl halides is 9. The van der Waals surface area contributed by atoms with Crippen LogP contribution >= 0.6 is 0 Å². The predicted octanol–water partition coefficient (Wildman–Crippen LogP) is 4.49. The molecule has 1 fully saturated rings. The first-order chi connectivity index (χ1) is 25.5. The lowest BCUT2D eigenvalue weighted by Crippen LogP contribution is -2.46. The first-order valence-corrected chi connectivity index (χ1v) is 15.4. The molecule has 1 aliphatic heterocycles. The van der Waals surface area contributed by atoms with E-state index in [0.29, 0.717) is 12.1 Å². The van der Waals surface area contributed by atoms with E-state index in [-0.39, 0.29) is 11.9 Å². The summed E-state index contributed by atoms with van der Waals surface area (Å²) in [6.07, 6.45) is -10.8. The zero-order valence-corrected chi connectivity index (χ0v) is 28.3. The Balaban J connectivity index is 0.000000408. The minimum absolute atomic E-state index is 0.0730. The van der Waals surface area contributed by atoms with E-state index in [1.54, 1.807) is 0 Å². The van der Waals surface area contributed by atoms with Crippen LogP contribution in [-0.4, -0.2) is 120 Å². The van der Waals surface area contributed by atoms with Crippen molar-refractivity contribution >= 4 is 29.5 Å². The number of hydrogen-bond acceptors (Lipinski definition) is 9. The van der Waals surface area contributed by atoms with Crippen molar-refractivity contribution < 1.29 is 74.0 Å². The predicted molar refractivity (Wildman–Crippen MR) is 171 cm³/mol. The molecule has 14 nitrogen and oxygen atoms in total. The summed E-state index contributed by atoms with van der Waals surface area (Å²) in [4.78, 5) is 48.7. The van der Waals surface area contributed by atoms with E-state index >= 15 is 0 Å². The molecule has 0 radical (unpaired) electrons. The van der Waals surface area contributed by atoms with Crippen LogP contribution in [0.2, 0.25) is 0 Å². The summed E-state index contributed by atoms with van der Waals surface area (Å²) in [6, 6.07) is 19.9. The van der Waals surface area contributed by atoms with Crippen LogP contribution < -0.4 is 5.32 Å². The average Bonchev–Trinajstić information content (AvgIpc) is 3.53. The average molecular weight is 798 g/mol. The van der Waals surface area contributed by atoms with Crippen molar-refractivity contribution in [3.05, 3.63) is 95.7 Å². The number of nitrogens with zero attached hydrogens (tertiary/aromatic N) is 6. The maximum absolute atomic E-state index is 12.8. The topological polar surface area (TPSA) is 191 Å². The molecule has 23 heteroatoms. The third kappa shape index (κ3) is 15.6. The molecule has 0 bridgehead atoms. The Morgan fingerprint density at radius 2 is 1.31 bits per heavy atom. The summed E-state index contributed by atoms with van der Waals surface area (Å²) in [5, 5.41) is 33.3. The van der Waals surface area contributed by atoms with Gasteiger partial charge in [0.2, 0.25) is 0 Å². The number of aromatic nitrogens is 4. The summed E-state index contributed by atoms with van der Waals surface area (Å²) in [5.41, 5.74) is 3.61. The Morgan fingerprint density at radius 1 is 0.764 bits per heavy atom. The fourth-order valence-electron chi connectivity index (χ4n) is 4.41. The molecule has 300 valence electrons. The maximum Gasteiger partial charge on any atom is 0.490 e. The lowest BCUT2D eigenvalue weighted by Gasteiger charge is -2.38. The zero-order valence-electron chi connectivity index (χ0n) is 28.3. The molecule has 1 saturated heterocycles. The molecule has 3 aromatic heterocycles. The molecular formula is C32H32F9N7O7. The van der Waals surface area contributed by atoms with Crippen LogP contribution in [0.15, 0.2) is 73.1 Å². The van der Waals surface area contributed by atoms with Gasteiger partial charge in [0.05, 0.1) is 17.3 Å². The fraction of sp³-hybridized carbons (Fsp3) is 0.344. The number of likely N-dealkylation sites (N-methyl/N-ethyl adjacent to an activating group) is 1. The minimum Gasteiger partial charge on any atom is -0.475 e. The van der Waals surface area contributed by atoms with Gasteiger partial charge in [0, 0.05) is 45.1 Å². The quantitative estimate of drug-likeness (QED) is 0.192. The molecule has 0 spiro atoms. The van der Waals surface area contributed by atoms with Crippen LogP contribution in [0.25, 0.3) is 5.65 Å². The molecule has 55 heavy (non-hydrogen) atoms. The Labute approximate surface area is 304 Å².